The Kier molecular flexibility index (Phi) is 4.26. The number of nitrogens with one attached hydrogen (secondary N) is 1. The zero-order valence-corrected chi connectivity index (χ0v) is 13.3. The molecule has 0 bridgehead atoms. The highest BCUT2D eigenvalue weighted by Crippen LogP contribution is 2.30. The molecule has 1 saturated heterocycles. The summed E-state index contributed by atoms with van der Waals surface area (Å²) in [4.78, 5) is 13.9. The summed E-state index contributed by atoms with van der Waals surface area (Å²) in [5.74, 6) is 0.309. The number of carbonyl (C=O) groups is 1. The van der Waals surface area contributed by atoms with Gasteiger partial charge in [-0.3, -0.25) is 0 Å². The zero-order chi connectivity index (χ0) is 16.6. The Morgan fingerprint density at radius 3 is 3.04 bits per heavy atom. The van der Waals surface area contributed by atoms with Crippen LogP contribution in [0.2, 0.25) is 0 Å². The number of rotatable bonds is 2. The van der Waals surface area contributed by atoms with Gasteiger partial charge in [-0.05, 0) is 44.9 Å². The maximum atomic E-state index is 13.4. The predicted molar refractivity (Wildman–Crippen MR) is 84.7 cm³/mol. The minimum absolute atomic E-state index is 0.220. The molecule has 5 nitrogen and oxygen atoms in total. The Hall–Kier alpha value is -2.08. The number of fused-ring (bicyclic) bond motifs is 1. The number of benzene rings is 1. The number of hydrogen-bond donors (Lipinski definition) is 2. The summed E-state index contributed by atoms with van der Waals surface area (Å²) in [6.07, 6.45) is 1.07. The smallest absolute Gasteiger partial charge is 0.318 e. The van der Waals surface area contributed by atoms with Crippen LogP contribution in [0.15, 0.2) is 22.6 Å². The fraction of sp³-hybridized carbons (Fsp3) is 0.471. The monoisotopic (exact) mass is 320 g/mol. The summed E-state index contributed by atoms with van der Waals surface area (Å²) >= 11 is 0. The minimum Gasteiger partial charge on any atom is -0.459 e. The molecule has 2 aromatic rings. The number of furan rings is 1. The van der Waals surface area contributed by atoms with Gasteiger partial charge in [-0.1, -0.05) is 0 Å². The molecule has 1 aliphatic heterocycles. The zero-order valence-electron chi connectivity index (χ0n) is 13.3. The molecule has 0 aliphatic carbocycles. The van der Waals surface area contributed by atoms with Crippen molar-refractivity contribution in [2.24, 2.45) is 0 Å². The number of piperidine rings is 1. The highest BCUT2D eigenvalue weighted by molar-refractivity contribution is 5.82. The standard InChI is InChI=1S/C17H21FN2O3/c1-10-14-8-12(18)5-6-15(14)23-16(10)11(2)19-17(22)20-7-3-4-13(21)9-20/h5-6,8,11,13,21H,3-4,7,9H2,1-2H3,(H,19,22)/t11-,13-/m1/s1. The van der Waals surface area contributed by atoms with Gasteiger partial charge in [-0.15, -0.1) is 0 Å². The minimum atomic E-state index is -0.458. The summed E-state index contributed by atoms with van der Waals surface area (Å²) in [5, 5.41) is 13.3. The van der Waals surface area contributed by atoms with Crippen molar-refractivity contribution >= 4 is 17.0 Å². The number of aryl methyl sites for hydroxylation is 1. The lowest BCUT2D eigenvalue weighted by molar-refractivity contribution is 0.0832. The lowest BCUT2D eigenvalue weighted by Crippen LogP contribution is -2.47. The number of likely N-dealkylation sites (tertiary alicyclic amines) is 1. The van der Waals surface area contributed by atoms with E-state index in [1.165, 1.54) is 12.1 Å². The van der Waals surface area contributed by atoms with Gasteiger partial charge in [-0.2, -0.15) is 0 Å². The van der Waals surface area contributed by atoms with Gasteiger partial charge in [0.15, 0.2) is 0 Å². The second-order valence-corrected chi connectivity index (χ2v) is 6.15. The first-order valence-electron chi connectivity index (χ1n) is 7.87. The molecular formula is C17H21FN2O3. The number of β-amino-alcohol motifs (C(OH)–C–C–N with tert-alkyl or cyclic N) is 1. The van der Waals surface area contributed by atoms with E-state index in [2.05, 4.69) is 5.32 Å². The van der Waals surface area contributed by atoms with Gasteiger partial charge in [0.1, 0.15) is 17.2 Å². The number of amides is 2. The number of carbonyl (C=O) groups excluding carboxylic acids is 1. The number of hydrogen-bond acceptors (Lipinski definition) is 3. The van der Waals surface area contributed by atoms with Crippen molar-refractivity contribution in [3.05, 3.63) is 35.3 Å². The van der Waals surface area contributed by atoms with Crippen molar-refractivity contribution in [3.8, 4) is 0 Å². The summed E-state index contributed by atoms with van der Waals surface area (Å²) in [5.41, 5.74) is 1.43. The fourth-order valence-electron chi connectivity index (χ4n) is 3.11. The second kappa shape index (κ2) is 6.20. The molecule has 0 spiro atoms. The third-order valence-electron chi connectivity index (χ3n) is 4.35. The largest absolute Gasteiger partial charge is 0.459 e. The number of halogens is 1. The van der Waals surface area contributed by atoms with Crippen LogP contribution in [0, 0.1) is 12.7 Å². The van der Waals surface area contributed by atoms with Crippen LogP contribution >= 0.6 is 0 Å². The normalized spacial score (nSPS) is 19.8. The first-order valence-corrected chi connectivity index (χ1v) is 7.87. The number of nitrogens with zero attached hydrogens (tertiary/aromatic N) is 1. The third-order valence-corrected chi connectivity index (χ3v) is 4.35. The van der Waals surface area contributed by atoms with E-state index in [0.29, 0.717) is 24.4 Å². The van der Waals surface area contributed by atoms with Gasteiger partial charge in [0, 0.05) is 24.0 Å². The van der Waals surface area contributed by atoms with E-state index in [1.807, 2.05) is 13.8 Å². The lowest BCUT2D eigenvalue weighted by atomic mass is 10.1. The number of aliphatic hydroxyl groups excluding tert-OH is 1. The molecule has 1 aliphatic rings. The molecule has 124 valence electrons. The van der Waals surface area contributed by atoms with Gasteiger partial charge >= 0.3 is 6.03 Å². The molecule has 0 saturated carbocycles. The maximum absolute atomic E-state index is 13.4. The SMILES string of the molecule is Cc1c([C@@H](C)NC(=O)N2CCC[C@@H](O)C2)oc2ccc(F)cc12. The Bertz CT molecular complexity index is 728. The molecule has 1 fully saturated rings. The lowest BCUT2D eigenvalue weighted by Gasteiger charge is -2.31. The van der Waals surface area contributed by atoms with E-state index in [0.717, 1.165) is 23.8 Å². The highest BCUT2D eigenvalue weighted by Gasteiger charge is 2.25. The molecule has 2 N–H and O–H groups in total. The molecule has 2 amide bonds. The van der Waals surface area contributed by atoms with Gasteiger partial charge in [0.05, 0.1) is 12.1 Å². The van der Waals surface area contributed by atoms with Crippen LogP contribution in [0.5, 0.6) is 0 Å². The van der Waals surface area contributed by atoms with Crippen LogP contribution in [0.1, 0.15) is 37.1 Å². The van der Waals surface area contributed by atoms with Gasteiger partial charge < -0.3 is 19.7 Å². The molecule has 3 rings (SSSR count). The van der Waals surface area contributed by atoms with Gasteiger partial charge in [-0.25, -0.2) is 9.18 Å². The molecule has 2 heterocycles. The van der Waals surface area contributed by atoms with E-state index in [1.54, 1.807) is 11.0 Å². The molecule has 1 aromatic carbocycles. The van der Waals surface area contributed by atoms with Crippen molar-refractivity contribution < 1.29 is 18.7 Å². The average molecular weight is 320 g/mol. The molecule has 1 aromatic heterocycles. The Labute approximate surface area is 134 Å². The van der Waals surface area contributed by atoms with Crippen molar-refractivity contribution in [2.75, 3.05) is 13.1 Å². The summed E-state index contributed by atoms with van der Waals surface area (Å²) < 4.78 is 19.2. The van der Waals surface area contributed by atoms with E-state index in [4.69, 9.17) is 4.42 Å². The van der Waals surface area contributed by atoms with E-state index in [-0.39, 0.29) is 17.9 Å². The molecule has 2 atom stereocenters. The fourth-order valence-corrected chi connectivity index (χ4v) is 3.11. The quantitative estimate of drug-likeness (QED) is 0.893. The van der Waals surface area contributed by atoms with Crippen molar-refractivity contribution in [3.63, 3.8) is 0 Å². The summed E-state index contributed by atoms with van der Waals surface area (Å²) in [6, 6.07) is 3.83. The summed E-state index contributed by atoms with van der Waals surface area (Å²) in [6.45, 7) is 4.68. The molecular weight excluding hydrogens is 299 g/mol. The second-order valence-electron chi connectivity index (χ2n) is 6.15. The van der Waals surface area contributed by atoms with Crippen LogP contribution in [-0.2, 0) is 0 Å². The first-order chi connectivity index (χ1) is 11.0. The van der Waals surface area contributed by atoms with Gasteiger partial charge in [0.2, 0.25) is 0 Å². The van der Waals surface area contributed by atoms with Crippen LogP contribution in [0.4, 0.5) is 9.18 Å². The third kappa shape index (κ3) is 3.17. The van der Waals surface area contributed by atoms with E-state index < -0.39 is 6.10 Å². The molecule has 0 radical (unpaired) electrons. The van der Waals surface area contributed by atoms with Crippen molar-refractivity contribution in [1.29, 1.82) is 0 Å². The number of aliphatic hydroxyl groups is 1. The Balaban J connectivity index is 1.76. The van der Waals surface area contributed by atoms with E-state index in [9.17, 15) is 14.3 Å². The Morgan fingerprint density at radius 1 is 1.52 bits per heavy atom. The molecule has 6 heteroatoms. The first kappa shape index (κ1) is 15.8. The van der Waals surface area contributed by atoms with Crippen LogP contribution in [0.25, 0.3) is 11.0 Å². The topological polar surface area (TPSA) is 65.7 Å². The Morgan fingerprint density at radius 2 is 2.30 bits per heavy atom. The van der Waals surface area contributed by atoms with Crippen LogP contribution < -0.4 is 5.32 Å². The average Bonchev–Trinajstić information content (AvgIpc) is 2.84. The van der Waals surface area contributed by atoms with Crippen molar-refractivity contribution in [1.82, 2.24) is 10.2 Å². The number of urea groups is 1. The van der Waals surface area contributed by atoms with Gasteiger partial charge in [0.25, 0.3) is 0 Å². The van der Waals surface area contributed by atoms with Crippen LogP contribution in [0.3, 0.4) is 0 Å². The van der Waals surface area contributed by atoms with Crippen LogP contribution in [-0.4, -0.2) is 35.2 Å². The van der Waals surface area contributed by atoms with E-state index >= 15 is 0 Å². The maximum Gasteiger partial charge on any atom is 0.318 e. The predicted octanol–water partition coefficient (Wildman–Crippen LogP) is 3.11. The summed E-state index contributed by atoms with van der Waals surface area (Å²) in [7, 11) is 0. The molecule has 23 heavy (non-hydrogen) atoms. The molecule has 0 unspecified atom stereocenters. The van der Waals surface area contributed by atoms with Crippen molar-refractivity contribution in [2.45, 2.75) is 38.8 Å². The highest BCUT2D eigenvalue weighted by atomic mass is 19.1.